The van der Waals surface area contributed by atoms with Crippen molar-refractivity contribution in [2.24, 2.45) is 7.05 Å². The van der Waals surface area contributed by atoms with Crippen LogP contribution in [0.2, 0.25) is 0 Å². The zero-order valence-electron chi connectivity index (χ0n) is 20.0. The van der Waals surface area contributed by atoms with Crippen LogP contribution >= 0.6 is 0 Å². The van der Waals surface area contributed by atoms with Crippen LogP contribution in [0.1, 0.15) is 11.1 Å². The molecule has 6 rings (SSSR count). The number of hydrogen-bond donors (Lipinski definition) is 0. The molecule has 0 N–H and O–H groups in total. The molecule has 0 aliphatic rings. The first-order chi connectivity index (χ1) is 17.0. The molecule has 0 atom stereocenters. The zero-order chi connectivity index (χ0) is 24.1. The molecule has 0 spiro atoms. The molecular formula is C32H25FNO+. The maximum Gasteiger partial charge on any atom is 0.216 e. The molecule has 4 aromatic carbocycles. The molecule has 0 fully saturated rings. The molecule has 170 valence electrons. The number of pyridine rings is 1. The van der Waals surface area contributed by atoms with Gasteiger partial charge in [-0.3, -0.25) is 0 Å². The van der Waals surface area contributed by atoms with Gasteiger partial charge in [0.2, 0.25) is 11.9 Å². The minimum atomic E-state index is -0.216. The topological polar surface area (TPSA) is 17.0 Å². The van der Waals surface area contributed by atoms with Gasteiger partial charge in [0, 0.05) is 22.4 Å². The monoisotopic (exact) mass is 458 g/mol. The summed E-state index contributed by atoms with van der Waals surface area (Å²) in [5.41, 5.74) is 9.87. The lowest BCUT2D eigenvalue weighted by Gasteiger charge is -2.07. The Balaban J connectivity index is 1.55. The number of benzene rings is 4. The van der Waals surface area contributed by atoms with E-state index in [0.29, 0.717) is 5.56 Å². The Kier molecular flexibility index (Phi) is 5.00. The summed E-state index contributed by atoms with van der Waals surface area (Å²) in [5, 5.41) is 2.14. The molecule has 0 bridgehead atoms. The standard InChI is InChI=1S/C32H25FNO/c1-20-12-17-27-26-11-7-10-25(24-15-13-23(14-16-24)22-8-5-4-6-9-22)31(26)35-32(27)30(20)29-18-21(2)28(33)19-34(29)3/h4-19H,1-3H3/q+1. The average Bonchev–Trinajstić information content (AvgIpc) is 3.26. The first-order valence-electron chi connectivity index (χ1n) is 11.8. The molecule has 2 aromatic heterocycles. The minimum absolute atomic E-state index is 0.216. The first-order valence-corrected chi connectivity index (χ1v) is 11.8. The van der Waals surface area contributed by atoms with Gasteiger partial charge in [0.25, 0.3) is 0 Å². The molecule has 3 heteroatoms. The molecular weight excluding hydrogens is 433 g/mol. The second-order valence-electron chi connectivity index (χ2n) is 9.16. The van der Waals surface area contributed by atoms with Crippen molar-refractivity contribution in [1.29, 1.82) is 0 Å². The number of rotatable bonds is 3. The maximum absolute atomic E-state index is 14.2. The molecule has 0 radical (unpaired) electrons. The predicted octanol–water partition coefficient (Wildman–Crippen LogP) is 8.17. The van der Waals surface area contributed by atoms with Crippen molar-refractivity contribution >= 4 is 21.9 Å². The zero-order valence-corrected chi connectivity index (χ0v) is 20.0. The van der Waals surface area contributed by atoms with E-state index in [4.69, 9.17) is 4.42 Å². The lowest BCUT2D eigenvalue weighted by Crippen LogP contribution is -2.31. The van der Waals surface area contributed by atoms with Gasteiger partial charge in [-0.2, -0.15) is 4.57 Å². The highest BCUT2D eigenvalue weighted by Gasteiger charge is 2.23. The quantitative estimate of drug-likeness (QED) is 0.244. The normalized spacial score (nSPS) is 11.4. The molecule has 2 heterocycles. The Morgan fingerprint density at radius 3 is 2.11 bits per heavy atom. The Bertz CT molecular complexity index is 1710. The molecule has 6 aromatic rings. The first kappa shape index (κ1) is 21.3. The summed E-state index contributed by atoms with van der Waals surface area (Å²) in [6.45, 7) is 3.87. The molecule has 0 unspecified atom stereocenters. The number of hydrogen-bond acceptors (Lipinski definition) is 1. The van der Waals surface area contributed by atoms with Gasteiger partial charge < -0.3 is 4.42 Å². The maximum atomic E-state index is 14.2. The van der Waals surface area contributed by atoms with Crippen LogP contribution in [0.3, 0.4) is 0 Å². The molecule has 35 heavy (non-hydrogen) atoms. The van der Waals surface area contributed by atoms with Crippen LogP contribution in [-0.4, -0.2) is 0 Å². The summed E-state index contributed by atoms with van der Waals surface area (Å²) in [4.78, 5) is 0. The Morgan fingerprint density at radius 2 is 1.34 bits per heavy atom. The fourth-order valence-electron chi connectivity index (χ4n) is 4.94. The predicted molar refractivity (Wildman–Crippen MR) is 141 cm³/mol. The lowest BCUT2D eigenvalue weighted by atomic mass is 9.97. The van der Waals surface area contributed by atoms with Crippen molar-refractivity contribution in [3.8, 4) is 33.5 Å². The SMILES string of the molecule is Cc1cc(-c2c(C)ccc3c2oc2c(-c4ccc(-c5ccccc5)cc4)cccc23)[n+](C)cc1F. The number of halogens is 1. The number of nitrogens with zero attached hydrogens (tertiary/aromatic N) is 1. The Labute approximate surface area is 203 Å². The average molecular weight is 459 g/mol. The summed E-state index contributed by atoms with van der Waals surface area (Å²) < 4.78 is 22.7. The Hall–Kier alpha value is -4.24. The third kappa shape index (κ3) is 3.52. The van der Waals surface area contributed by atoms with Crippen molar-refractivity contribution in [1.82, 2.24) is 0 Å². The second-order valence-corrected chi connectivity index (χ2v) is 9.16. The van der Waals surface area contributed by atoms with Crippen LogP contribution in [0.25, 0.3) is 55.4 Å². The number of para-hydroxylation sites is 1. The summed E-state index contributed by atoms with van der Waals surface area (Å²) in [7, 11) is 1.87. The van der Waals surface area contributed by atoms with E-state index in [1.165, 1.54) is 17.3 Å². The van der Waals surface area contributed by atoms with Crippen molar-refractivity contribution in [2.75, 3.05) is 0 Å². The number of fused-ring (bicyclic) bond motifs is 3. The largest absolute Gasteiger partial charge is 0.454 e. The molecule has 0 saturated heterocycles. The highest BCUT2D eigenvalue weighted by molar-refractivity contribution is 6.13. The van der Waals surface area contributed by atoms with E-state index < -0.39 is 0 Å². The number of aryl methyl sites for hydroxylation is 3. The molecule has 0 aliphatic heterocycles. The van der Waals surface area contributed by atoms with Crippen molar-refractivity contribution < 1.29 is 13.4 Å². The van der Waals surface area contributed by atoms with E-state index in [9.17, 15) is 4.39 Å². The number of aromatic nitrogens is 1. The molecule has 0 saturated carbocycles. The van der Waals surface area contributed by atoms with Gasteiger partial charge in [0.05, 0.1) is 5.56 Å². The van der Waals surface area contributed by atoms with E-state index in [-0.39, 0.29) is 5.82 Å². The van der Waals surface area contributed by atoms with Crippen molar-refractivity contribution in [3.63, 3.8) is 0 Å². The van der Waals surface area contributed by atoms with Gasteiger partial charge in [0.15, 0.2) is 5.82 Å². The summed E-state index contributed by atoms with van der Waals surface area (Å²) in [6, 6.07) is 31.4. The van der Waals surface area contributed by atoms with Crippen LogP contribution in [0.15, 0.2) is 102 Å². The number of furan rings is 1. The summed E-state index contributed by atoms with van der Waals surface area (Å²) in [6.07, 6.45) is 1.53. The van der Waals surface area contributed by atoms with Gasteiger partial charge >= 0.3 is 0 Å². The van der Waals surface area contributed by atoms with Gasteiger partial charge in [-0.15, -0.1) is 0 Å². The van der Waals surface area contributed by atoms with Gasteiger partial charge in [-0.1, -0.05) is 84.9 Å². The molecule has 0 aliphatic carbocycles. The summed E-state index contributed by atoms with van der Waals surface area (Å²) >= 11 is 0. The van der Waals surface area contributed by atoms with Gasteiger partial charge in [-0.25, -0.2) is 4.39 Å². The van der Waals surface area contributed by atoms with Crippen molar-refractivity contribution in [2.45, 2.75) is 13.8 Å². The van der Waals surface area contributed by atoms with Gasteiger partial charge in [-0.05, 0) is 41.7 Å². The third-order valence-corrected chi connectivity index (χ3v) is 6.85. The van der Waals surface area contributed by atoms with Crippen molar-refractivity contribution in [3.05, 3.63) is 114 Å². The van der Waals surface area contributed by atoms with Crippen LogP contribution in [0.4, 0.5) is 4.39 Å². The van der Waals surface area contributed by atoms with E-state index in [1.807, 2.05) is 23.7 Å². The van der Waals surface area contributed by atoms with Crippen LogP contribution < -0.4 is 4.57 Å². The fraction of sp³-hybridized carbons (Fsp3) is 0.0938. The molecule has 0 amide bonds. The highest BCUT2D eigenvalue weighted by Crippen LogP contribution is 2.40. The van der Waals surface area contributed by atoms with E-state index in [0.717, 1.165) is 49.9 Å². The second kappa shape index (κ2) is 8.21. The molecule has 2 nitrogen and oxygen atoms in total. The van der Waals surface area contributed by atoms with Crippen LogP contribution in [0, 0.1) is 19.7 Å². The smallest absolute Gasteiger partial charge is 0.216 e. The summed E-state index contributed by atoms with van der Waals surface area (Å²) in [5.74, 6) is -0.216. The van der Waals surface area contributed by atoms with Gasteiger partial charge in [0.1, 0.15) is 18.2 Å². The van der Waals surface area contributed by atoms with Crippen LogP contribution in [0.5, 0.6) is 0 Å². The third-order valence-electron chi connectivity index (χ3n) is 6.85. The highest BCUT2D eigenvalue weighted by atomic mass is 19.1. The minimum Gasteiger partial charge on any atom is -0.454 e. The van der Waals surface area contributed by atoms with E-state index >= 15 is 0 Å². The fourth-order valence-corrected chi connectivity index (χ4v) is 4.94. The van der Waals surface area contributed by atoms with E-state index in [2.05, 4.69) is 85.8 Å². The lowest BCUT2D eigenvalue weighted by molar-refractivity contribution is -0.662. The van der Waals surface area contributed by atoms with Crippen LogP contribution in [-0.2, 0) is 7.05 Å². The van der Waals surface area contributed by atoms with E-state index in [1.54, 1.807) is 6.92 Å². The Morgan fingerprint density at radius 1 is 0.657 bits per heavy atom.